The van der Waals surface area contributed by atoms with Crippen molar-refractivity contribution < 1.29 is 28.6 Å². The van der Waals surface area contributed by atoms with Gasteiger partial charge in [0.2, 0.25) is 5.91 Å². The molecule has 1 aromatic heterocycles. The molecule has 1 spiro atoms. The van der Waals surface area contributed by atoms with Crippen molar-refractivity contribution in [2.24, 2.45) is 11.8 Å². The Morgan fingerprint density at radius 1 is 1.18 bits per heavy atom. The zero-order valence-electron chi connectivity index (χ0n) is 26.3. The zero-order valence-corrected chi connectivity index (χ0v) is 28.7. The lowest BCUT2D eigenvalue weighted by Gasteiger charge is -2.65. The number of esters is 2. The van der Waals surface area contributed by atoms with Crippen LogP contribution in [0.25, 0.3) is 6.08 Å². The summed E-state index contributed by atoms with van der Waals surface area (Å²) in [6.07, 6.45) is 8.31. The number of carbonyl (C=O) groups excluding carboxylic acids is 3. The molecule has 2 bridgehead atoms. The summed E-state index contributed by atoms with van der Waals surface area (Å²) in [6, 6.07) is 5.66. The predicted octanol–water partition coefficient (Wildman–Crippen LogP) is 6.14. The number of ether oxygens (including phenoxy) is 3. The molecule has 2 unspecified atom stereocenters. The predicted molar refractivity (Wildman–Crippen MR) is 175 cm³/mol. The first-order valence-electron chi connectivity index (χ1n) is 16.2. The van der Waals surface area contributed by atoms with Gasteiger partial charge in [0.05, 0.1) is 17.5 Å². The lowest BCUT2D eigenvalue weighted by molar-refractivity contribution is -0.224. The van der Waals surface area contributed by atoms with Gasteiger partial charge in [-0.1, -0.05) is 19.9 Å². The molecule has 3 aliphatic carbocycles. The van der Waals surface area contributed by atoms with Crippen LogP contribution < -0.4 is 9.47 Å². The Balaban J connectivity index is 1.36. The monoisotopic (exact) mass is 696 g/mol. The van der Waals surface area contributed by atoms with Crippen LogP contribution in [-0.2, 0) is 31.0 Å². The Labute approximate surface area is 277 Å². The Kier molecular flexibility index (Phi) is 7.92. The largest absolute Gasteiger partial charge is 0.483 e. The van der Waals surface area contributed by atoms with E-state index >= 15 is 0 Å². The quantitative estimate of drug-likeness (QED) is 0.177. The van der Waals surface area contributed by atoms with E-state index in [0.717, 1.165) is 46.4 Å². The number of benzene rings is 1. The molecule has 3 heterocycles. The van der Waals surface area contributed by atoms with E-state index in [9.17, 15) is 14.4 Å². The van der Waals surface area contributed by atoms with Gasteiger partial charge in [-0.25, -0.2) is 0 Å². The van der Waals surface area contributed by atoms with Crippen molar-refractivity contribution in [2.45, 2.75) is 95.4 Å². The van der Waals surface area contributed by atoms with Gasteiger partial charge < -0.3 is 19.1 Å². The van der Waals surface area contributed by atoms with Crippen LogP contribution in [0.5, 0.6) is 11.5 Å². The van der Waals surface area contributed by atoms with E-state index in [-0.39, 0.29) is 29.9 Å². The number of carbonyl (C=O) groups is 3. The van der Waals surface area contributed by atoms with Crippen LogP contribution in [0.2, 0.25) is 0 Å². The Morgan fingerprint density at radius 2 is 1.98 bits per heavy atom. The summed E-state index contributed by atoms with van der Waals surface area (Å²) < 4.78 is 20.4. The van der Waals surface area contributed by atoms with Crippen molar-refractivity contribution in [1.82, 2.24) is 9.80 Å². The van der Waals surface area contributed by atoms with Crippen LogP contribution in [-0.4, -0.2) is 71.1 Å². The van der Waals surface area contributed by atoms with Crippen LogP contribution in [0.4, 0.5) is 0 Å². The molecular weight excluding hydrogens is 656 g/mol. The summed E-state index contributed by atoms with van der Waals surface area (Å²) in [4.78, 5) is 44.9. The number of hydrogen-bond donors (Lipinski definition) is 0. The Morgan fingerprint density at radius 3 is 2.64 bits per heavy atom. The van der Waals surface area contributed by atoms with E-state index in [0.29, 0.717) is 36.8 Å². The molecule has 3 fully saturated rings. The zero-order chi connectivity index (χ0) is 31.7. The number of nitrogens with zero attached hydrogens (tertiary/aromatic N) is 2. The number of thiophene rings is 1. The average Bonchev–Trinajstić information content (AvgIpc) is 3.58. The minimum Gasteiger partial charge on any atom is -0.483 e. The maximum absolute atomic E-state index is 14.1. The number of amides is 1. The first-order valence-corrected chi connectivity index (χ1v) is 17.9. The van der Waals surface area contributed by atoms with Crippen molar-refractivity contribution in [3.8, 4) is 11.5 Å². The van der Waals surface area contributed by atoms with Gasteiger partial charge in [0.25, 0.3) is 0 Å². The highest BCUT2D eigenvalue weighted by Gasteiger charge is 2.76. The van der Waals surface area contributed by atoms with Crippen molar-refractivity contribution >= 4 is 51.2 Å². The molecule has 0 radical (unpaired) electrons. The second-order valence-corrected chi connectivity index (χ2v) is 15.8. The summed E-state index contributed by atoms with van der Waals surface area (Å²) in [5.74, 6) is 1.11. The van der Waals surface area contributed by atoms with E-state index < -0.39 is 23.1 Å². The fourth-order valence-electron chi connectivity index (χ4n) is 8.88. The summed E-state index contributed by atoms with van der Waals surface area (Å²) in [6.45, 7) is 9.59. The highest BCUT2D eigenvalue weighted by atomic mass is 79.9. The molecule has 2 aliphatic heterocycles. The van der Waals surface area contributed by atoms with Gasteiger partial charge in [-0.2, -0.15) is 0 Å². The first kappa shape index (κ1) is 30.9. The van der Waals surface area contributed by atoms with E-state index in [4.69, 9.17) is 14.2 Å². The van der Waals surface area contributed by atoms with E-state index in [1.54, 1.807) is 17.4 Å². The molecule has 8 nitrogen and oxygen atoms in total. The molecular formula is C35H41BrN2O6S. The minimum absolute atomic E-state index is 0.00671. The third kappa shape index (κ3) is 5.15. The number of halogens is 1. The van der Waals surface area contributed by atoms with E-state index in [1.807, 2.05) is 28.5 Å². The van der Waals surface area contributed by atoms with Gasteiger partial charge in [-0.15, -0.1) is 11.3 Å². The summed E-state index contributed by atoms with van der Waals surface area (Å²) in [7, 11) is 0. The van der Waals surface area contributed by atoms with Crippen molar-refractivity contribution in [1.29, 1.82) is 0 Å². The molecule has 2 saturated carbocycles. The molecule has 5 aliphatic rings. The fourth-order valence-corrected chi connectivity index (χ4v) is 10.2. The molecule has 2 aromatic rings. The van der Waals surface area contributed by atoms with Crippen molar-refractivity contribution in [2.75, 3.05) is 19.6 Å². The van der Waals surface area contributed by atoms with Gasteiger partial charge in [-0.3, -0.25) is 19.3 Å². The minimum atomic E-state index is -0.814. The lowest BCUT2D eigenvalue weighted by atomic mass is 9.48. The third-order valence-corrected chi connectivity index (χ3v) is 12.1. The Hall–Kier alpha value is -2.69. The van der Waals surface area contributed by atoms with Crippen LogP contribution in [0.3, 0.4) is 0 Å². The Bertz CT molecular complexity index is 1570. The number of likely N-dealkylation sites (tertiary alicyclic amines) is 1. The van der Waals surface area contributed by atoms with E-state index in [1.165, 1.54) is 26.7 Å². The van der Waals surface area contributed by atoms with Gasteiger partial charge >= 0.3 is 11.9 Å². The SMILES string of the molecule is CC(=O)Oc1ccc2c3c1OC1C(N(CC(C)C)C(=O)/C=C/c4cc(Br)cs4)CC[C@@]4(OC(C)=O)[C@@H](C2)N(CC2CC2)CC[C@]314. The molecule has 7 rings (SSSR count). The number of piperidine rings is 1. The molecule has 5 atom stereocenters. The number of hydrogen-bond acceptors (Lipinski definition) is 8. The maximum Gasteiger partial charge on any atom is 0.308 e. The van der Waals surface area contributed by atoms with Gasteiger partial charge in [0, 0.05) is 53.3 Å². The van der Waals surface area contributed by atoms with Gasteiger partial charge in [-0.05, 0) is 96.6 Å². The molecule has 1 amide bonds. The molecule has 1 aromatic carbocycles. The van der Waals surface area contributed by atoms with E-state index in [2.05, 4.69) is 40.7 Å². The second kappa shape index (κ2) is 11.5. The molecule has 0 N–H and O–H groups in total. The first-order chi connectivity index (χ1) is 21.5. The van der Waals surface area contributed by atoms with Crippen molar-refractivity contribution in [3.05, 3.63) is 50.1 Å². The lowest BCUT2D eigenvalue weighted by Crippen LogP contribution is -2.79. The standard InChI is InChI=1S/C35H41BrN2O6S/c1-20(2)17-38(30(41)10-8-26-16-25(36)19-45-26)27-11-12-35(44-22(4)40)29-15-24-7-9-28(42-21(3)39)32-31(24)34(35,33(27)43-32)13-14-37(29)18-23-5-6-23/h7-10,16,19-20,23,27,29,33H,5-6,11-15,17-18H2,1-4H3/b10-8+/t27?,29-,33?,34+,35-/m1/s1. The third-order valence-electron chi connectivity index (χ3n) is 10.5. The van der Waals surface area contributed by atoms with Crippen LogP contribution in [0, 0.1) is 11.8 Å². The second-order valence-electron chi connectivity index (χ2n) is 13.9. The van der Waals surface area contributed by atoms with Gasteiger partial charge in [0.15, 0.2) is 11.5 Å². The highest BCUT2D eigenvalue weighted by Crippen LogP contribution is 2.67. The number of rotatable bonds is 9. The smallest absolute Gasteiger partial charge is 0.308 e. The molecule has 240 valence electrons. The van der Waals surface area contributed by atoms with Crippen LogP contribution in [0.1, 0.15) is 75.8 Å². The highest BCUT2D eigenvalue weighted by molar-refractivity contribution is 9.10. The summed E-state index contributed by atoms with van der Waals surface area (Å²) >= 11 is 5.08. The van der Waals surface area contributed by atoms with Crippen molar-refractivity contribution in [3.63, 3.8) is 0 Å². The summed E-state index contributed by atoms with van der Waals surface area (Å²) in [5.41, 5.74) is 0.674. The molecule has 45 heavy (non-hydrogen) atoms. The molecule has 1 saturated heterocycles. The van der Waals surface area contributed by atoms with Crippen LogP contribution >= 0.6 is 27.3 Å². The van der Waals surface area contributed by atoms with Gasteiger partial charge in [0.1, 0.15) is 11.7 Å². The normalized spacial score (nSPS) is 29.8. The summed E-state index contributed by atoms with van der Waals surface area (Å²) in [5, 5.41) is 2.00. The average molecular weight is 698 g/mol. The fraction of sp³-hybridized carbons (Fsp3) is 0.571. The maximum atomic E-state index is 14.1. The topological polar surface area (TPSA) is 85.4 Å². The van der Waals surface area contributed by atoms with Crippen LogP contribution in [0.15, 0.2) is 34.1 Å². The molecule has 10 heteroatoms.